The molecule has 1 aromatic carbocycles. The first-order valence-electron chi connectivity index (χ1n) is 5.36. The Bertz CT molecular complexity index is 666. The highest BCUT2D eigenvalue weighted by molar-refractivity contribution is 5.87. The third-order valence-corrected chi connectivity index (χ3v) is 2.27. The number of anilines is 1. The largest absolute Gasteiger partial charge is 0.486 e. The van der Waals surface area contributed by atoms with E-state index >= 15 is 0 Å². The lowest BCUT2D eigenvalue weighted by molar-refractivity contribution is 0.0696. The molecule has 0 aliphatic carbocycles. The van der Waals surface area contributed by atoms with Gasteiger partial charge in [0.05, 0.1) is 5.56 Å². The first kappa shape index (κ1) is 12.6. The van der Waals surface area contributed by atoms with Gasteiger partial charge in [0.15, 0.2) is 0 Å². The van der Waals surface area contributed by atoms with Crippen LogP contribution in [0.3, 0.4) is 0 Å². The Kier molecular flexibility index (Phi) is 3.46. The summed E-state index contributed by atoms with van der Waals surface area (Å²) >= 11 is 0. The second-order valence-electron chi connectivity index (χ2n) is 3.74. The van der Waals surface area contributed by atoms with Gasteiger partial charge in [-0.15, -0.1) is 0 Å². The minimum absolute atomic E-state index is 0.0106. The molecular weight excluding hydrogens is 250 g/mol. The van der Waals surface area contributed by atoms with Crippen molar-refractivity contribution in [3.63, 3.8) is 0 Å². The molecule has 0 spiro atoms. The van der Waals surface area contributed by atoms with Crippen molar-refractivity contribution in [2.45, 2.75) is 6.61 Å². The highest BCUT2D eigenvalue weighted by atomic mass is 16.5. The van der Waals surface area contributed by atoms with E-state index in [2.05, 4.69) is 9.97 Å². The Morgan fingerprint density at radius 3 is 2.89 bits per heavy atom. The van der Waals surface area contributed by atoms with Crippen LogP contribution in [0.15, 0.2) is 35.1 Å². The molecule has 4 N–H and O–H groups in total. The molecule has 19 heavy (non-hydrogen) atoms. The first-order valence-corrected chi connectivity index (χ1v) is 5.36. The smallest absolute Gasteiger partial charge is 0.335 e. The molecular formula is C12H11N3O4. The van der Waals surface area contributed by atoms with E-state index < -0.39 is 5.97 Å². The third-order valence-electron chi connectivity index (χ3n) is 2.27. The minimum atomic E-state index is -1.04. The van der Waals surface area contributed by atoms with Crippen LogP contribution in [0.4, 0.5) is 5.82 Å². The number of benzene rings is 1. The topological polar surface area (TPSA) is 118 Å². The lowest BCUT2D eigenvalue weighted by atomic mass is 10.2. The van der Waals surface area contributed by atoms with E-state index in [9.17, 15) is 9.59 Å². The molecule has 2 rings (SSSR count). The van der Waals surface area contributed by atoms with Gasteiger partial charge in [0.1, 0.15) is 24.0 Å². The SMILES string of the molecule is Nc1cc(=O)[nH]c(COc2cccc(C(=O)O)c2)n1. The number of rotatable bonds is 4. The summed E-state index contributed by atoms with van der Waals surface area (Å²) in [5, 5.41) is 8.84. The predicted molar refractivity (Wildman–Crippen MR) is 67.0 cm³/mol. The van der Waals surface area contributed by atoms with Crippen LogP contribution in [0, 0.1) is 0 Å². The molecule has 2 aromatic rings. The Morgan fingerprint density at radius 2 is 2.21 bits per heavy atom. The third kappa shape index (κ3) is 3.32. The van der Waals surface area contributed by atoms with Crippen LogP contribution in [-0.4, -0.2) is 21.0 Å². The number of nitrogens with zero attached hydrogens (tertiary/aromatic N) is 1. The van der Waals surface area contributed by atoms with Gasteiger partial charge in [0, 0.05) is 6.07 Å². The molecule has 1 aromatic heterocycles. The van der Waals surface area contributed by atoms with Crippen molar-refractivity contribution in [2.24, 2.45) is 0 Å². The van der Waals surface area contributed by atoms with Gasteiger partial charge < -0.3 is 20.6 Å². The fourth-order valence-corrected chi connectivity index (χ4v) is 1.47. The van der Waals surface area contributed by atoms with Crippen molar-refractivity contribution >= 4 is 11.8 Å². The number of carboxylic acid groups (broad SMARTS) is 1. The Labute approximate surface area is 107 Å². The van der Waals surface area contributed by atoms with E-state index in [-0.39, 0.29) is 29.4 Å². The maximum Gasteiger partial charge on any atom is 0.335 e. The van der Waals surface area contributed by atoms with Gasteiger partial charge >= 0.3 is 5.97 Å². The summed E-state index contributed by atoms with van der Waals surface area (Å²) in [6.45, 7) is -0.0106. The van der Waals surface area contributed by atoms with Crippen molar-refractivity contribution in [1.29, 1.82) is 0 Å². The highest BCUT2D eigenvalue weighted by Gasteiger charge is 2.05. The quantitative estimate of drug-likeness (QED) is 0.742. The minimum Gasteiger partial charge on any atom is -0.486 e. The van der Waals surface area contributed by atoms with Crippen LogP contribution >= 0.6 is 0 Å². The van der Waals surface area contributed by atoms with E-state index in [4.69, 9.17) is 15.6 Å². The molecule has 0 saturated carbocycles. The fourth-order valence-electron chi connectivity index (χ4n) is 1.47. The van der Waals surface area contributed by atoms with E-state index in [1.165, 1.54) is 12.1 Å². The summed E-state index contributed by atoms with van der Waals surface area (Å²) < 4.78 is 5.34. The molecule has 0 amide bonds. The Morgan fingerprint density at radius 1 is 1.42 bits per heavy atom. The van der Waals surface area contributed by atoms with Crippen molar-refractivity contribution in [1.82, 2.24) is 9.97 Å². The average Bonchev–Trinajstić information content (AvgIpc) is 2.35. The summed E-state index contributed by atoms with van der Waals surface area (Å²) in [4.78, 5) is 28.3. The number of nitrogens with two attached hydrogens (primary N) is 1. The summed E-state index contributed by atoms with van der Waals surface area (Å²) in [6.07, 6.45) is 0. The number of H-pyrrole nitrogens is 1. The number of carboxylic acids is 1. The molecule has 0 atom stereocenters. The van der Waals surface area contributed by atoms with Crippen LogP contribution in [0.1, 0.15) is 16.2 Å². The maximum atomic E-state index is 11.2. The van der Waals surface area contributed by atoms with E-state index in [0.717, 1.165) is 6.07 Å². The zero-order valence-electron chi connectivity index (χ0n) is 9.79. The molecule has 0 unspecified atom stereocenters. The molecule has 0 fully saturated rings. The number of hydrogen-bond donors (Lipinski definition) is 3. The summed E-state index contributed by atoms with van der Waals surface area (Å²) in [5.41, 5.74) is 5.17. The Balaban J connectivity index is 2.12. The second kappa shape index (κ2) is 5.21. The van der Waals surface area contributed by atoms with Crippen LogP contribution < -0.4 is 16.0 Å². The van der Waals surface area contributed by atoms with Gasteiger partial charge in [0.25, 0.3) is 5.56 Å². The molecule has 0 bridgehead atoms. The molecule has 7 heteroatoms. The Hall–Kier alpha value is -2.83. The van der Waals surface area contributed by atoms with Crippen LogP contribution in [-0.2, 0) is 6.61 Å². The lowest BCUT2D eigenvalue weighted by Crippen LogP contribution is -2.14. The molecule has 0 saturated heterocycles. The number of aromatic carboxylic acids is 1. The van der Waals surface area contributed by atoms with Crippen LogP contribution in [0.25, 0.3) is 0 Å². The van der Waals surface area contributed by atoms with Crippen LogP contribution in [0.2, 0.25) is 0 Å². The maximum absolute atomic E-state index is 11.2. The number of aromatic nitrogens is 2. The zero-order chi connectivity index (χ0) is 13.8. The molecule has 1 heterocycles. The second-order valence-corrected chi connectivity index (χ2v) is 3.74. The van der Waals surface area contributed by atoms with E-state index in [0.29, 0.717) is 5.75 Å². The predicted octanol–water partition coefficient (Wildman–Crippen LogP) is 0.629. The summed E-state index contributed by atoms with van der Waals surface area (Å²) in [7, 11) is 0. The molecule has 98 valence electrons. The summed E-state index contributed by atoms with van der Waals surface area (Å²) in [6, 6.07) is 7.17. The van der Waals surface area contributed by atoms with Crippen molar-refractivity contribution in [3.8, 4) is 5.75 Å². The lowest BCUT2D eigenvalue weighted by Gasteiger charge is -2.06. The fraction of sp³-hybridized carbons (Fsp3) is 0.0833. The highest BCUT2D eigenvalue weighted by Crippen LogP contribution is 2.14. The van der Waals surface area contributed by atoms with E-state index in [1.807, 2.05) is 0 Å². The number of aromatic amines is 1. The number of nitrogens with one attached hydrogen (secondary N) is 1. The van der Waals surface area contributed by atoms with E-state index in [1.54, 1.807) is 12.1 Å². The average molecular weight is 261 g/mol. The van der Waals surface area contributed by atoms with Crippen LogP contribution in [0.5, 0.6) is 5.75 Å². The van der Waals surface area contributed by atoms with Gasteiger partial charge in [-0.2, -0.15) is 0 Å². The van der Waals surface area contributed by atoms with Gasteiger partial charge in [0.2, 0.25) is 0 Å². The van der Waals surface area contributed by atoms with Gasteiger partial charge in [-0.25, -0.2) is 9.78 Å². The molecule has 0 radical (unpaired) electrons. The van der Waals surface area contributed by atoms with Gasteiger partial charge in [-0.05, 0) is 18.2 Å². The normalized spacial score (nSPS) is 10.1. The first-order chi connectivity index (χ1) is 9.04. The van der Waals surface area contributed by atoms with Crippen molar-refractivity contribution in [2.75, 3.05) is 5.73 Å². The van der Waals surface area contributed by atoms with Gasteiger partial charge in [-0.1, -0.05) is 6.07 Å². The standard InChI is InChI=1S/C12H11N3O4/c13-9-5-11(16)15-10(14-9)6-19-8-3-1-2-7(4-8)12(17)18/h1-5H,6H2,(H,17,18)(H3,13,14,15,16). The monoisotopic (exact) mass is 261 g/mol. The number of ether oxygens (including phenoxy) is 1. The molecule has 7 nitrogen and oxygen atoms in total. The molecule has 0 aliphatic heterocycles. The van der Waals surface area contributed by atoms with Crippen molar-refractivity contribution < 1.29 is 14.6 Å². The van der Waals surface area contributed by atoms with Crippen molar-refractivity contribution in [3.05, 3.63) is 52.1 Å². The summed E-state index contributed by atoms with van der Waals surface area (Å²) in [5.74, 6) is -0.307. The number of carbonyl (C=O) groups is 1. The zero-order valence-corrected chi connectivity index (χ0v) is 9.79. The molecule has 0 aliphatic rings. The number of hydrogen-bond acceptors (Lipinski definition) is 5. The number of nitrogen functional groups attached to an aromatic ring is 1. The van der Waals surface area contributed by atoms with Gasteiger partial charge in [-0.3, -0.25) is 4.79 Å².